The molecule has 0 aliphatic rings. The second kappa shape index (κ2) is 6.30. The fourth-order valence-electron chi connectivity index (χ4n) is 2.85. The van der Waals surface area contributed by atoms with Crippen LogP contribution in [0.5, 0.6) is 0 Å². The van der Waals surface area contributed by atoms with Gasteiger partial charge in [0.25, 0.3) is 5.56 Å². The standard InChI is InChI=1S/C16H16N8OS/c1-2-23-14(25)9-5-3-4-6-10(9)24-13(21-22-16(23)24)8-26-15-19-11(17)7-12(18)20-15/h3-7H,2,8H2,1H3,(H4,17,18,19,20). The summed E-state index contributed by atoms with van der Waals surface area (Å²) in [5, 5.41) is 9.58. The van der Waals surface area contributed by atoms with Crippen LogP contribution >= 0.6 is 11.8 Å². The summed E-state index contributed by atoms with van der Waals surface area (Å²) in [5.41, 5.74) is 12.1. The fourth-order valence-corrected chi connectivity index (χ4v) is 3.63. The highest BCUT2D eigenvalue weighted by Crippen LogP contribution is 2.22. The number of aromatic nitrogens is 6. The Morgan fingerprint density at radius 3 is 2.58 bits per heavy atom. The van der Waals surface area contributed by atoms with Crippen LogP contribution in [0.4, 0.5) is 11.6 Å². The molecule has 3 aromatic heterocycles. The molecule has 4 aromatic rings. The highest BCUT2D eigenvalue weighted by atomic mass is 32.2. The highest BCUT2D eigenvalue weighted by Gasteiger charge is 2.16. The predicted octanol–water partition coefficient (Wildman–Crippen LogP) is 1.31. The van der Waals surface area contributed by atoms with Gasteiger partial charge in [0.15, 0.2) is 5.16 Å². The van der Waals surface area contributed by atoms with E-state index in [4.69, 9.17) is 11.5 Å². The van der Waals surface area contributed by atoms with Crippen LogP contribution in [0.2, 0.25) is 0 Å². The Kier molecular flexibility index (Phi) is 3.96. The molecule has 4 rings (SSSR count). The van der Waals surface area contributed by atoms with E-state index in [2.05, 4.69) is 20.2 Å². The number of benzene rings is 1. The summed E-state index contributed by atoms with van der Waals surface area (Å²) in [6.07, 6.45) is 0. The van der Waals surface area contributed by atoms with Crippen molar-refractivity contribution < 1.29 is 0 Å². The summed E-state index contributed by atoms with van der Waals surface area (Å²) in [6.45, 7) is 2.41. The van der Waals surface area contributed by atoms with E-state index in [9.17, 15) is 4.79 Å². The number of nitrogens with two attached hydrogens (primary N) is 2. The number of nitrogens with zero attached hydrogens (tertiary/aromatic N) is 6. The van der Waals surface area contributed by atoms with Gasteiger partial charge in [0, 0.05) is 12.6 Å². The molecule has 4 N–H and O–H groups in total. The van der Waals surface area contributed by atoms with E-state index in [1.807, 2.05) is 35.6 Å². The SMILES string of the molecule is CCn1c(=O)c2ccccc2n2c(CSc3nc(N)cc(N)n3)nnc12. The number of thioether (sulfide) groups is 1. The number of nitrogen functional groups attached to an aromatic ring is 2. The van der Waals surface area contributed by atoms with Crippen molar-refractivity contribution in [1.29, 1.82) is 0 Å². The van der Waals surface area contributed by atoms with Crippen LogP contribution in [0.1, 0.15) is 12.7 Å². The molecule has 0 radical (unpaired) electrons. The van der Waals surface area contributed by atoms with Gasteiger partial charge in [0.05, 0.1) is 16.7 Å². The van der Waals surface area contributed by atoms with Crippen LogP contribution in [0.15, 0.2) is 40.3 Å². The molecule has 3 heterocycles. The van der Waals surface area contributed by atoms with E-state index < -0.39 is 0 Å². The van der Waals surface area contributed by atoms with Crippen molar-refractivity contribution in [3.8, 4) is 0 Å². The molecular weight excluding hydrogens is 352 g/mol. The maximum Gasteiger partial charge on any atom is 0.262 e. The maximum atomic E-state index is 12.7. The second-order valence-corrected chi connectivity index (χ2v) is 6.55. The molecule has 132 valence electrons. The lowest BCUT2D eigenvalue weighted by atomic mass is 10.2. The van der Waals surface area contributed by atoms with Gasteiger partial charge in [-0.2, -0.15) is 0 Å². The first-order valence-corrected chi connectivity index (χ1v) is 8.95. The van der Waals surface area contributed by atoms with Gasteiger partial charge in [-0.25, -0.2) is 9.97 Å². The van der Waals surface area contributed by atoms with Gasteiger partial charge in [-0.1, -0.05) is 23.9 Å². The Bertz CT molecular complexity index is 1160. The molecule has 0 spiro atoms. The number of para-hydroxylation sites is 1. The molecular formula is C16H16N8OS. The van der Waals surface area contributed by atoms with E-state index in [0.29, 0.717) is 46.1 Å². The van der Waals surface area contributed by atoms with E-state index in [-0.39, 0.29) is 5.56 Å². The zero-order valence-electron chi connectivity index (χ0n) is 14.0. The average molecular weight is 368 g/mol. The minimum atomic E-state index is -0.0749. The summed E-state index contributed by atoms with van der Waals surface area (Å²) < 4.78 is 3.50. The van der Waals surface area contributed by atoms with Gasteiger partial charge < -0.3 is 11.5 Å². The first-order chi connectivity index (χ1) is 12.6. The molecule has 10 heteroatoms. The molecule has 0 bridgehead atoms. The van der Waals surface area contributed by atoms with Crippen molar-refractivity contribution >= 4 is 40.1 Å². The van der Waals surface area contributed by atoms with Crippen LogP contribution in [0, 0.1) is 0 Å². The first-order valence-electron chi connectivity index (χ1n) is 7.97. The number of aryl methyl sites for hydroxylation is 1. The Morgan fingerprint density at radius 1 is 1.12 bits per heavy atom. The third-order valence-corrected chi connectivity index (χ3v) is 4.81. The van der Waals surface area contributed by atoms with Gasteiger partial charge >= 0.3 is 0 Å². The normalized spacial score (nSPS) is 11.4. The number of fused-ring (bicyclic) bond motifs is 3. The van der Waals surface area contributed by atoms with Gasteiger partial charge in [0.1, 0.15) is 17.5 Å². The van der Waals surface area contributed by atoms with E-state index in [0.717, 1.165) is 5.52 Å². The van der Waals surface area contributed by atoms with Crippen LogP contribution in [0.25, 0.3) is 16.7 Å². The van der Waals surface area contributed by atoms with Crippen molar-refractivity contribution in [2.45, 2.75) is 24.4 Å². The number of rotatable bonds is 4. The van der Waals surface area contributed by atoms with Crippen molar-refractivity contribution in [1.82, 2.24) is 29.1 Å². The lowest BCUT2D eigenvalue weighted by molar-refractivity contribution is 0.735. The Balaban J connectivity index is 1.83. The Labute approximate surface area is 152 Å². The third-order valence-electron chi connectivity index (χ3n) is 3.97. The predicted molar refractivity (Wildman–Crippen MR) is 101 cm³/mol. The lowest BCUT2D eigenvalue weighted by Gasteiger charge is -2.09. The molecule has 1 aromatic carbocycles. The maximum absolute atomic E-state index is 12.7. The van der Waals surface area contributed by atoms with E-state index in [1.54, 1.807) is 4.57 Å². The Hall–Kier alpha value is -3.14. The summed E-state index contributed by atoms with van der Waals surface area (Å²) in [6, 6.07) is 8.93. The van der Waals surface area contributed by atoms with Crippen LogP contribution in [-0.4, -0.2) is 29.1 Å². The molecule has 0 unspecified atom stereocenters. The lowest BCUT2D eigenvalue weighted by Crippen LogP contribution is -2.22. The second-order valence-electron chi connectivity index (χ2n) is 5.61. The summed E-state index contributed by atoms with van der Waals surface area (Å²) in [7, 11) is 0. The largest absolute Gasteiger partial charge is 0.383 e. The van der Waals surface area contributed by atoms with Gasteiger partial charge in [-0.05, 0) is 19.1 Å². The summed E-state index contributed by atoms with van der Waals surface area (Å²) in [4.78, 5) is 21.0. The summed E-state index contributed by atoms with van der Waals surface area (Å²) >= 11 is 1.35. The fraction of sp³-hybridized carbons (Fsp3) is 0.188. The smallest absolute Gasteiger partial charge is 0.262 e. The molecule has 0 amide bonds. The van der Waals surface area contributed by atoms with Crippen LogP contribution in [0.3, 0.4) is 0 Å². The van der Waals surface area contributed by atoms with E-state index in [1.165, 1.54) is 17.8 Å². The van der Waals surface area contributed by atoms with Crippen LogP contribution in [-0.2, 0) is 12.3 Å². The quantitative estimate of drug-likeness (QED) is 0.407. The van der Waals surface area contributed by atoms with Crippen molar-refractivity contribution in [2.75, 3.05) is 11.5 Å². The van der Waals surface area contributed by atoms with Crippen molar-refractivity contribution in [3.63, 3.8) is 0 Å². The number of hydrogen-bond acceptors (Lipinski definition) is 8. The molecule has 9 nitrogen and oxygen atoms in total. The number of anilines is 2. The zero-order valence-corrected chi connectivity index (χ0v) is 14.8. The Morgan fingerprint density at radius 2 is 1.85 bits per heavy atom. The number of hydrogen-bond donors (Lipinski definition) is 2. The highest BCUT2D eigenvalue weighted by molar-refractivity contribution is 7.98. The van der Waals surface area contributed by atoms with Crippen molar-refractivity contribution in [2.24, 2.45) is 0 Å². The summed E-state index contributed by atoms with van der Waals surface area (Å²) in [5.74, 6) is 2.29. The van der Waals surface area contributed by atoms with Gasteiger partial charge in [0.2, 0.25) is 5.78 Å². The monoisotopic (exact) mass is 368 g/mol. The first kappa shape index (κ1) is 16.3. The van der Waals surface area contributed by atoms with Crippen LogP contribution < -0.4 is 17.0 Å². The third kappa shape index (κ3) is 2.64. The molecule has 0 fully saturated rings. The average Bonchev–Trinajstić information content (AvgIpc) is 3.04. The minimum absolute atomic E-state index is 0.0749. The molecule has 0 atom stereocenters. The van der Waals surface area contributed by atoms with Gasteiger partial charge in [-0.15, -0.1) is 10.2 Å². The molecule has 0 aliphatic heterocycles. The molecule has 0 saturated heterocycles. The van der Waals surface area contributed by atoms with E-state index >= 15 is 0 Å². The minimum Gasteiger partial charge on any atom is -0.383 e. The molecule has 0 saturated carbocycles. The molecule has 0 aliphatic carbocycles. The van der Waals surface area contributed by atoms with Gasteiger partial charge in [-0.3, -0.25) is 13.8 Å². The zero-order chi connectivity index (χ0) is 18.3. The topological polar surface area (TPSA) is 130 Å². The van der Waals surface area contributed by atoms with Crippen molar-refractivity contribution in [3.05, 3.63) is 46.5 Å². The molecule has 26 heavy (non-hydrogen) atoms.